The van der Waals surface area contributed by atoms with Crippen molar-refractivity contribution in [3.8, 4) is 11.5 Å². The van der Waals surface area contributed by atoms with Crippen molar-refractivity contribution >= 4 is 17.5 Å². The van der Waals surface area contributed by atoms with Gasteiger partial charge in [-0.15, -0.1) is 0 Å². The topological polar surface area (TPSA) is 90.3 Å². The Bertz CT molecular complexity index is 972. The summed E-state index contributed by atoms with van der Waals surface area (Å²) in [6.07, 6.45) is 0. The highest BCUT2D eigenvalue weighted by Gasteiger charge is 2.29. The summed E-state index contributed by atoms with van der Waals surface area (Å²) >= 11 is 0. The van der Waals surface area contributed by atoms with Gasteiger partial charge in [0.15, 0.2) is 11.5 Å². The zero-order valence-corrected chi connectivity index (χ0v) is 17.8. The molecule has 0 aliphatic carbocycles. The number of morpholine rings is 1. The first-order chi connectivity index (χ1) is 15.0. The summed E-state index contributed by atoms with van der Waals surface area (Å²) in [5.74, 6) is 0.0894. The van der Waals surface area contributed by atoms with Crippen LogP contribution < -0.4 is 25.0 Å². The molecule has 0 radical (unpaired) electrons. The molecule has 2 aliphatic heterocycles. The molecule has 0 unspecified atom stereocenters. The summed E-state index contributed by atoms with van der Waals surface area (Å²) in [5.41, 5.74) is 3.81. The van der Waals surface area contributed by atoms with Crippen LogP contribution in [0.15, 0.2) is 36.4 Å². The van der Waals surface area contributed by atoms with E-state index in [0.29, 0.717) is 31.2 Å². The molecule has 0 spiro atoms. The lowest BCUT2D eigenvalue weighted by Crippen LogP contribution is -3.15. The van der Waals surface area contributed by atoms with Crippen molar-refractivity contribution in [2.24, 2.45) is 0 Å². The van der Waals surface area contributed by atoms with Gasteiger partial charge in [-0.2, -0.15) is 0 Å². The van der Waals surface area contributed by atoms with E-state index in [1.807, 2.05) is 44.2 Å². The molecule has 0 aromatic heterocycles. The number of aryl methyl sites for hydroxylation is 2. The molecule has 8 nitrogen and oxygen atoms in total. The van der Waals surface area contributed by atoms with E-state index in [1.165, 1.54) is 4.90 Å². The van der Waals surface area contributed by atoms with E-state index in [9.17, 15) is 9.59 Å². The molecular formula is C23H28N3O5+. The zero-order valence-electron chi connectivity index (χ0n) is 17.8. The van der Waals surface area contributed by atoms with E-state index in [-0.39, 0.29) is 12.8 Å². The zero-order chi connectivity index (χ0) is 21.8. The van der Waals surface area contributed by atoms with Crippen molar-refractivity contribution in [3.05, 3.63) is 53.1 Å². The van der Waals surface area contributed by atoms with Crippen molar-refractivity contribution in [1.29, 1.82) is 0 Å². The maximum Gasteiger partial charge on any atom is 0.313 e. The average Bonchev–Trinajstić information content (AvgIpc) is 3.25. The predicted octanol–water partition coefficient (Wildman–Crippen LogP) is 0.743. The van der Waals surface area contributed by atoms with Gasteiger partial charge >= 0.3 is 11.8 Å². The summed E-state index contributed by atoms with van der Waals surface area (Å²) in [6.45, 7) is 7.48. The molecule has 164 valence electrons. The summed E-state index contributed by atoms with van der Waals surface area (Å²) in [6, 6.07) is 11.4. The van der Waals surface area contributed by atoms with Crippen molar-refractivity contribution in [2.45, 2.75) is 19.9 Å². The van der Waals surface area contributed by atoms with E-state index in [1.54, 1.807) is 6.07 Å². The Morgan fingerprint density at radius 2 is 1.74 bits per heavy atom. The number of anilines is 1. The van der Waals surface area contributed by atoms with Crippen molar-refractivity contribution in [2.75, 3.05) is 45.0 Å². The van der Waals surface area contributed by atoms with Crippen LogP contribution in [0.3, 0.4) is 0 Å². The van der Waals surface area contributed by atoms with Crippen molar-refractivity contribution in [1.82, 2.24) is 5.32 Å². The highest BCUT2D eigenvalue weighted by atomic mass is 16.7. The van der Waals surface area contributed by atoms with Crippen LogP contribution in [-0.2, 0) is 14.3 Å². The fraction of sp³-hybridized carbons (Fsp3) is 0.391. The number of hydrogen-bond donors (Lipinski definition) is 3. The Morgan fingerprint density at radius 1 is 0.968 bits per heavy atom. The fourth-order valence-corrected chi connectivity index (χ4v) is 3.89. The molecule has 1 saturated heterocycles. The van der Waals surface area contributed by atoms with Crippen LogP contribution in [-0.4, -0.2) is 51.5 Å². The third-order valence-corrected chi connectivity index (χ3v) is 5.86. The van der Waals surface area contributed by atoms with Gasteiger partial charge in [0, 0.05) is 11.3 Å². The van der Waals surface area contributed by atoms with Crippen LogP contribution in [0.5, 0.6) is 11.5 Å². The Kier molecular flexibility index (Phi) is 6.39. The molecule has 2 heterocycles. The summed E-state index contributed by atoms with van der Waals surface area (Å²) in [7, 11) is 0. The minimum absolute atomic E-state index is 0.0308. The molecule has 4 rings (SSSR count). The number of carbonyl (C=O) groups is 2. The molecule has 0 saturated carbocycles. The highest BCUT2D eigenvalue weighted by molar-refractivity contribution is 6.39. The number of quaternary nitrogens is 1. The number of amides is 2. The smallest absolute Gasteiger partial charge is 0.313 e. The third-order valence-electron chi connectivity index (χ3n) is 5.86. The Labute approximate surface area is 181 Å². The van der Waals surface area contributed by atoms with Gasteiger partial charge in [-0.3, -0.25) is 9.59 Å². The Morgan fingerprint density at radius 3 is 2.52 bits per heavy atom. The number of carbonyl (C=O) groups excluding carboxylic acids is 2. The fourth-order valence-electron chi connectivity index (χ4n) is 3.89. The summed E-state index contributed by atoms with van der Waals surface area (Å²) in [4.78, 5) is 26.2. The van der Waals surface area contributed by atoms with Crippen LogP contribution in [0.2, 0.25) is 0 Å². The minimum atomic E-state index is -0.676. The van der Waals surface area contributed by atoms with Gasteiger partial charge in [0.2, 0.25) is 6.79 Å². The quantitative estimate of drug-likeness (QED) is 0.614. The lowest BCUT2D eigenvalue weighted by atomic mass is 10.0. The Balaban J connectivity index is 1.43. The standard InChI is InChI=1S/C23H27N3O5/c1-15-3-5-18(11-16(15)2)25-23(28)22(27)24-13-19(26-7-9-29-10-8-26)17-4-6-20-21(12-17)31-14-30-20/h3-6,11-12,19H,7-10,13-14H2,1-2H3,(H,24,27)(H,25,28)/p+1/t19-/m1/s1. The summed E-state index contributed by atoms with van der Waals surface area (Å²) in [5, 5.41) is 5.48. The second-order valence-corrected chi connectivity index (χ2v) is 7.90. The third kappa shape index (κ3) is 4.98. The molecule has 8 heteroatoms. The van der Waals surface area contributed by atoms with E-state index < -0.39 is 11.8 Å². The molecule has 3 N–H and O–H groups in total. The van der Waals surface area contributed by atoms with Gasteiger partial charge in [-0.1, -0.05) is 6.07 Å². The number of nitrogens with one attached hydrogen (secondary N) is 3. The van der Waals surface area contributed by atoms with E-state index in [0.717, 1.165) is 35.5 Å². The van der Waals surface area contributed by atoms with Crippen molar-refractivity contribution < 1.29 is 28.7 Å². The normalized spacial score (nSPS) is 16.6. The van der Waals surface area contributed by atoms with Crippen LogP contribution in [0.4, 0.5) is 5.69 Å². The SMILES string of the molecule is Cc1ccc(NC(=O)C(=O)NC[C@H](c2ccc3c(c2)OCO3)[NH+]2CCOCC2)cc1C. The lowest BCUT2D eigenvalue weighted by molar-refractivity contribution is -0.937. The van der Waals surface area contributed by atoms with E-state index in [2.05, 4.69) is 10.6 Å². The predicted molar refractivity (Wildman–Crippen MR) is 114 cm³/mol. The number of ether oxygens (including phenoxy) is 3. The molecule has 2 aromatic rings. The van der Waals surface area contributed by atoms with Gasteiger partial charge in [0.25, 0.3) is 0 Å². The maximum absolute atomic E-state index is 12.5. The molecule has 1 atom stereocenters. The number of rotatable bonds is 5. The van der Waals surface area contributed by atoms with Crippen molar-refractivity contribution in [3.63, 3.8) is 0 Å². The molecule has 2 amide bonds. The molecule has 1 fully saturated rings. The first kappa shape index (κ1) is 21.1. The van der Waals surface area contributed by atoms with Gasteiger partial charge in [0.1, 0.15) is 19.1 Å². The molecule has 2 aliphatic rings. The second kappa shape index (κ2) is 9.36. The highest BCUT2D eigenvalue weighted by Crippen LogP contribution is 2.33. The Hall–Kier alpha value is -3.10. The summed E-state index contributed by atoms with van der Waals surface area (Å²) < 4.78 is 16.4. The first-order valence-electron chi connectivity index (χ1n) is 10.5. The molecular weight excluding hydrogens is 398 g/mol. The number of benzene rings is 2. The van der Waals surface area contributed by atoms with E-state index in [4.69, 9.17) is 14.2 Å². The van der Waals surface area contributed by atoms with Crippen LogP contribution >= 0.6 is 0 Å². The van der Waals surface area contributed by atoms with Gasteiger partial charge in [0.05, 0.1) is 19.8 Å². The first-order valence-corrected chi connectivity index (χ1v) is 10.5. The minimum Gasteiger partial charge on any atom is -0.454 e. The molecule has 0 bridgehead atoms. The maximum atomic E-state index is 12.5. The van der Waals surface area contributed by atoms with Crippen LogP contribution in [0, 0.1) is 13.8 Å². The van der Waals surface area contributed by atoms with Crippen LogP contribution in [0.25, 0.3) is 0 Å². The average molecular weight is 426 g/mol. The number of hydrogen-bond acceptors (Lipinski definition) is 5. The largest absolute Gasteiger partial charge is 0.454 e. The number of fused-ring (bicyclic) bond motifs is 1. The van der Waals surface area contributed by atoms with E-state index >= 15 is 0 Å². The monoisotopic (exact) mass is 426 g/mol. The van der Waals surface area contributed by atoms with Gasteiger partial charge < -0.3 is 29.7 Å². The molecule has 2 aromatic carbocycles. The molecule has 31 heavy (non-hydrogen) atoms. The van der Waals surface area contributed by atoms with Gasteiger partial charge in [-0.25, -0.2) is 0 Å². The second-order valence-electron chi connectivity index (χ2n) is 7.90. The van der Waals surface area contributed by atoms with Gasteiger partial charge in [-0.05, 0) is 55.3 Å². The lowest BCUT2D eigenvalue weighted by Gasteiger charge is -2.32. The van der Waals surface area contributed by atoms with Crippen LogP contribution in [0.1, 0.15) is 22.7 Å².